The van der Waals surface area contributed by atoms with Crippen LogP contribution in [0.4, 0.5) is 24.5 Å². The molecule has 0 aliphatic carbocycles. The minimum atomic E-state index is -4.81. The van der Waals surface area contributed by atoms with E-state index in [1.54, 1.807) is 6.92 Å². The zero-order valence-electron chi connectivity index (χ0n) is 10.7. The second-order valence-electron chi connectivity index (χ2n) is 4.27. The molecule has 20 heavy (non-hydrogen) atoms. The molecule has 1 aromatic rings. The molecule has 2 atom stereocenters. The van der Waals surface area contributed by atoms with Gasteiger partial charge >= 0.3 is 6.18 Å². The lowest BCUT2D eigenvalue weighted by Gasteiger charge is -2.15. The zero-order valence-corrected chi connectivity index (χ0v) is 11.5. The van der Waals surface area contributed by atoms with E-state index < -0.39 is 33.2 Å². The van der Waals surface area contributed by atoms with Gasteiger partial charge in [0.2, 0.25) is 0 Å². The van der Waals surface area contributed by atoms with Crippen LogP contribution in [0.25, 0.3) is 0 Å². The Morgan fingerprint density at radius 3 is 2.50 bits per heavy atom. The quantitative estimate of drug-likeness (QED) is 0.670. The number of benzene rings is 1. The van der Waals surface area contributed by atoms with Crippen molar-refractivity contribution in [1.82, 2.24) is 0 Å². The van der Waals surface area contributed by atoms with Crippen molar-refractivity contribution in [2.24, 2.45) is 0 Å². The maximum atomic E-state index is 12.8. The van der Waals surface area contributed by atoms with E-state index in [2.05, 4.69) is 5.32 Å². The van der Waals surface area contributed by atoms with Gasteiger partial charge in [-0.3, -0.25) is 14.3 Å². The first kappa shape index (κ1) is 16.4. The third kappa shape index (κ3) is 4.48. The van der Waals surface area contributed by atoms with E-state index in [0.717, 1.165) is 6.07 Å². The predicted octanol–water partition coefficient (Wildman–Crippen LogP) is 2.79. The molecule has 1 rings (SSSR count). The average molecular weight is 310 g/mol. The molecule has 5 nitrogen and oxygen atoms in total. The largest absolute Gasteiger partial charge is 0.423 e. The average Bonchev–Trinajstić information content (AvgIpc) is 2.25. The second kappa shape index (κ2) is 6.21. The maximum Gasteiger partial charge on any atom is 0.423 e. The van der Waals surface area contributed by atoms with Gasteiger partial charge in [-0.1, -0.05) is 0 Å². The monoisotopic (exact) mass is 310 g/mol. The number of rotatable bonds is 5. The summed E-state index contributed by atoms with van der Waals surface area (Å²) in [6, 6.07) is 2.37. The lowest BCUT2D eigenvalue weighted by atomic mass is 10.1. The Balaban J connectivity index is 3.07. The topological polar surface area (TPSA) is 72.2 Å². The molecule has 0 heterocycles. The molecule has 0 saturated carbocycles. The highest BCUT2D eigenvalue weighted by molar-refractivity contribution is 7.84. The molecule has 2 unspecified atom stereocenters. The minimum Gasteiger partial charge on any atom is -0.382 e. The summed E-state index contributed by atoms with van der Waals surface area (Å²) in [7, 11) is -1.10. The van der Waals surface area contributed by atoms with E-state index >= 15 is 0 Å². The van der Waals surface area contributed by atoms with Gasteiger partial charge in [0.25, 0.3) is 5.69 Å². The van der Waals surface area contributed by atoms with Crippen LogP contribution >= 0.6 is 0 Å². The smallest absolute Gasteiger partial charge is 0.382 e. The molecule has 0 radical (unpaired) electrons. The van der Waals surface area contributed by atoms with Gasteiger partial charge in [0.05, 0.1) is 4.92 Å². The summed E-state index contributed by atoms with van der Waals surface area (Å²) in [5.74, 6) is 0.262. The van der Waals surface area contributed by atoms with Gasteiger partial charge in [0.1, 0.15) is 5.56 Å². The van der Waals surface area contributed by atoms with Crippen LogP contribution in [0.2, 0.25) is 0 Å². The first-order chi connectivity index (χ1) is 9.11. The molecule has 0 bridgehead atoms. The summed E-state index contributed by atoms with van der Waals surface area (Å²) in [5.41, 5.74) is -2.20. The Hall–Kier alpha value is -1.64. The summed E-state index contributed by atoms with van der Waals surface area (Å²) in [6.07, 6.45) is -3.33. The van der Waals surface area contributed by atoms with Crippen molar-refractivity contribution in [2.45, 2.75) is 19.1 Å². The number of anilines is 1. The van der Waals surface area contributed by atoms with Crippen LogP contribution in [0.5, 0.6) is 0 Å². The molecule has 9 heteroatoms. The maximum absolute atomic E-state index is 12.8. The molecule has 0 saturated heterocycles. The van der Waals surface area contributed by atoms with Crippen LogP contribution in [0, 0.1) is 10.1 Å². The lowest BCUT2D eigenvalue weighted by Crippen LogP contribution is -2.22. The van der Waals surface area contributed by atoms with E-state index in [-0.39, 0.29) is 17.5 Å². The van der Waals surface area contributed by atoms with Gasteiger partial charge in [-0.05, 0) is 19.1 Å². The molecule has 0 spiro atoms. The van der Waals surface area contributed by atoms with Gasteiger partial charge < -0.3 is 5.32 Å². The fourth-order valence-electron chi connectivity index (χ4n) is 1.69. The molecule has 1 aromatic carbocycles. The van der Waals surface area contributed by atoms with Crippen molar-refractivity contribution >= 4 is 22.2 Å². The SMILES string of the molecule is CC(CS(C)=O)Nc1ccc([N+](=O)[O-])c(C(F)(F)F)c1. The summed E-state index contributed by atoms with van der Waals surface area (Å²) >= 11 is 0. The fourth-order valence-corrected chi connectivity index (χ4v) is 2.48. The second-order valence-corrected chi connectivity index (χ2v) is 5.75. The molecule has 0 aromatic heterocycles. The van der Waals surface area contributed by atoms with E-state index in [1.807, 2.05) is 0 Å². The normalized spacial score (nSPS) is 14.7. The summed E-state index contributed by atoms with van der Waals surface area (Å²) in [4.78, 5) is 9.52. The van der Waals surface area contributed by atoms with Gasteiger partial charge in [-0.25, -0.2) is 0 Å². The number of nitrogens with zero attached hydrogens (tertiary/aromatic N) is 1. The van der Waals surface area contributed by atoms with Crippen LogP contribution in [0.1, 0.15) is 12.5 Å². The Morgan fingerprint density at radius 2 is 2.05 bits per heavy atom. The Kier molecular flexibility index (Phi) is 5.09. The third-order valence-corrected chi connectivity index (χ3v) is 3.37. The molecule has 112 valence electrons. The van der Waals surface area contributed by atoms with Crippen molar-refractivity contribution in [3.8, 4) is 0 Å². The van der Waals surface area contributed by atoms with Crippen LogP contribution in [-0.4, -0.2) is 27.2 Å². The third-order valence-electron chi connectivity index (χ3n) is 2.40. The van der Waals surface area contributed by atoms with E-state index in [0.29, 0.717) is 6.07 Å². The number of alkyl halides is 3. The predicted molar refractivity (Wildman–Crippen MR) is 70.1 cm³/mol. The highest BCUT2D eigenvalue weighted by Crippen LogP contribution is 2.37. The van der Waals surface area contributed by atoms with E-state index in [4.69, 9.17) is 0 Å². The van der Waals surface area contributed by atoms with Gasteiger partial charge in [-0.15, -0.1) is 0 Å². The van der Waals surface area contributed by atoms with E-state index in [9.17, 15) is 27.5 Å². The van der Waals surface area contributed by atoms with Gasteiger partial charge in [-0.2, -0.15) is 13.2 Å². The lowest BCUT2D eigenvalue weighted by molar-refractivity contribution is -0.388. The number of halogens is 3. The summed E-state index contributed by atoms with van der Waals surface area (Å²) in [5, 5.41) is 13.3. The molecule has 0 aliphatic rings. The number of hydrogen-bond donors (Lipinski definition) is 1. The van der Waals surface area contributed by atoms with Crippen LogP contribution in [0.15, 0.2) is 18.2 Å². The van der Waals surface area contributed by atoms with Crippen molar-refractivity contribution in [3.63, 3.8) is 0 Å². The fraction of sp³-hybridized carbons (Fsp3) is 0.455. The molecular weight excluding hydrogens is 297 g/mol. The van der Waals surface area contributed by atoms with E-state index in [1.165, 1.54) is 12.3 Å². The molecule has 1 N–H and O–H groups in total. The zero-order chi connectivity index (χ0) is 15.5. The van der Waals surface area contributed by atoms with Crippen molar-refractivity contribution in [3.05, 3.63) is 33.9 Å². The highest BCUT2D eigenvalue weighted by Gasteiger charge is 2.38. The first-order valence-corrected chi connectivity index (χ1v) is 7.26. The standard InChI is InChI=1S/C11H13F3N2O3S/c1-7(6-20(2)19)15-8-3-4-10(16(17)18)9(5-8)11(12,13)14/h3-5,7,15H,6H2,1-2H3. The van der Waals surface area contributed by atoms with Gasteiger partial charge in [0, 0.05) is 40.6 Å². The van der Waals surface area contributed by atoms with Crippen LogP contribution < -0.4 is 5.32 Å². The molecule has 0 aliphatic heterocycles. The highest BCUT2D eigenvalue weighted by atomic mass is 32.2. The molecular formula is C11H13F3N2O3S. The Morgan fingerprint density at radius 1 is 1.45 bits per heavy atom. The number of hydrogen-bond acceptors (Lipinski definition) is 4. The van der Waals surface area contributed by atoms with Crippen molar-refractivity contribution < 1.29 is 22.3 Å². The Bertz CT molecular complexity index is 534. The summed E-state index contributed by atoms with van der Waals surface area (Å²) in [6.45, 7) is 1.66. The number of nitro benzene ring substituents is 1. The summed E-state index contributed by atoms with van der Waals surface area (Å²) < 4.78 is 49.3. The first-order valence-electron chi connectivity index (χ1n) is 5.53. The molecule has 0 amide bonds. The minimum absolute atomic E-state index is 0.0980. The number of nitro groups is 1. The van der Waals surface area contributed by atoms with Crippen LogP contribution in [-0.2, 0) is 17.0 Å². The Labute approximate surface area is 115 Å². The van der Waals surface area contributed by atoms with Crippen LogP contribution in [0.3, 0.4) is 0 Å². The van der Waals surface area contributed by atoms with Crippen molar-refractivity contribution in [1.29, 1.82) is 0 Å². The molecule has 0 fully saturated rings. The van der Waals surface area contributed by atoms with Gasteiger partial charge in [0.15, 0.2) is 0 Å². The number of nitrogens with one attached hydrogen (secondary N) is 1. The van der Waals surface area contributed by atoms with Crippen molar-refractivity contribution in [2.75, 3.05) is 17.3 Å².